The molecule has 8 nitrogen and oxygen atoms in total. The zero-order valence-corrected chi connectivity index (χ0v) is 27.0. The molecule has 1 saturated heterocycles. The van der Waals surface area contributed by atoms with Crippen LogP contribution in [0.5, 0.6) is 5.75 Å². The van der Waals surface area contributed by atoms with Crippen molar-refractivity contribution >= 4 is 22.5 Å². The van der Waals surface area contributed by atoms with E-state index in [1.54, 1.807) is 23.0 Å². The first-order valence-electron chi connectivity index (χ1n) is 16.1. The summed E-state index contributed by atoms with van der Waals surface area (Å²) in [4.78, 5) is 27.9. The highest BCUT2D eigenvalue weighted by Crippen LogP contribution is 2.61. The molecule has 3 saturated carbocycles. The second-order valence-electron chi connectivity index (χ2n) is 14.0. The Kier molecular flexibility index (Phi) is 8.44. The predicted molar refractivity (Wildman–Crippen MR) is 174 cm³/mol. The zero-order chi connectivity index (χ0) is 31.2. The van der Waals surface area contributed by atoms with E-state index in [1.165, 1.54) is 26.0 Å². The molecule has 4 atom stereocenters. The standard InChI is InChI=1S/C35H47FN6O2/c1-22-29-17-24(35(29,2)3)18-31(22)39-34(41-15-12-26(13-16-41)40(4)5)38-25-8-10-28-32(19-25)37-21-42(33(28)43)14-11-23-7-9-27(44-6)20-30(23)36/h7-10,19-22,24,26,29,31H,11-18H2,1-6H3,(H,38,39)/t22-,24-,29-,31?/m1/s1. The molecule has 3 aromatic rings. The molecule has 0 spiro atoms. The topological polar surface area (TPSA) is 75.0 Å². The average Bonchev–Trinajstić information content (AvgIpc) is 3.01. The number of benzene rings is 2. The summed E-state index contributed by atoms with van der Waals surface area (Å²) < 4.78 is 21.1. The minimum atomic E-state index is -0.340. The lowest BCUT2D eigenvalue weighted by molar-refractivity contribution is -0.112. The van der Waals surface area contributed by atoms with Gasteiger partial charge in [-0.25, -0.2) is 14.4 Å². The van der Waals surface area contributed by atoms with Gasteiger partial charge in [0.2, 0.25) is 0 Å². The van der Waals surface area contributed by atoms with Crippen LogP contribution in [0.25, 0.3) is 10.9 Å². The molecule has 4 aliphatic rings. The first-order valence-corrected chi connectivity index (χ1v) is 16.1. The number of aromatic nitrogens is 2. The minimum absolute atomic E-state index is 0.138. The maximum absolute atomic E-state index is 14.4. The van der Waals surface area contributed by atoms with Crippen LogP contribution in [0.3, 0.4) is 0 Å². The largest absolute Gasteiger partial charge is 0.497 e. The third kappa shape index (κ3) is 5.83. The van der Waals surface area contributed by atoms with Crippen LogP contribution in [0.15, 0.2) is 52.5 Å². The summed E-state index contributed by atoms with van der Waals surface area (Å²) in [5.41, 5.74) is 2.22. The normalized spacial score (nSPS) is 25.3. The van der Waals surface area contributed by atoms with E-state index in [1.807, 2.05) is 18.2 Å². The van der Waals surface area contributed by atoms with Crippen molar-refractivity contribution in [1.82, 2.24) is 24.7 Å². The third-order valence-electron chi connectivity index (χ3n) is 11.1. The molecule has 0 amide bonds. The maximum Gasteiger partial charge on any atom is 0.261 e. The molecule has 4 fully saturated rings. The van der Waals surface area contributed by atoms with Crippen molar-refractivity contribution < 1.29 is 9.13 Å². The number of ether oxygens (including phenoxy) is 1. The second-order valence-corrected chi connectivity index (χ2v) is 14.0. The van der Waals surface area contributed by atoms with Gasteiger partial charge >= 0.3 is 0 Å². The molecular weight excluding hydrogens is 555 g/mol. The summed E-state index contributed by atoms with van der Waals surface area (Å²) in [7, 11) is 5.84. The highest BCUT2D eigenvalue weighted by molar-refractivity contribution is 5.86. The molecule has 1 aliphatic heterocycles. The van der Waals surface area contributed by atoms with Crippen molar-refractivity contribution in [3.63, 3.8) is 0 Å². The monoisotopic (exact) mass is 602 g/mol. The van der Waals surface area contributed by atoms with E-state index in [-0.39, 0.29) is 11.4 Å². The molecule has 1 unspecified atom stereocenters. The Morgan fingerprint density at radius 2 is 1.93 bits per heavy atom. The van der Waals surface area contributed by atoms with Gasteiger partial charge in [-0.05, 0) is 99.2 Å². The number of aryl methyl sites for hydroxylation is 2. The van der Waals surface area contributed by atoms with Gasteiger partial charge in [-0.2, -0.15) is 0 Å². The minimum Gasteiger partial charge on any atom is -0.497 e. The van der Waals surface area contributed by atoms with Crippen LogP contribution >= 0.6 is 0 Å². The summed E-state index contributed by atoms with van der Waals surface area (Å²) in [5.74, 6) is 3.16. The first kappa shape index (κ1) is 30.6. The number of likely N-dealkylation sites (tertiary alicyclic amines) is 1. The van der Waals surface area contributed by atoms with Crippen LogP contribution in [-0.2, 0) is 13.0 Å². The second kappa shape index (κ2) is 12.1. The first-order chi connectivity index (χ1) is 21.0. The zero-order valence-electron chi connectivity index (χ0n) is 27.0. The van der Waals surface area contributed by atoms with Crippen LogP contribution in [0.4, 0.5) is 10.1 Å². The molecule has 0 radical (unpaired) electrons. The average molecular weight is 603 g/mol. The van der Waals surface area contributed by atoms with E-state index in [9.17, 15) is 9.18 Å². The lowest BCUT2D eigenvalue weighted by Crippen LogP contribution is -2.62. The number of guanidine groups is 1. The number of piperidine rings is 1. The van der Waals surface area contributed by atoms with Crippen molar-refractivity contribution in [3.05, 3.63) is 64.5 Å². The summed E-state index contributed by atoms with van der Waals surface area (Å²) >= 11 is 0. The van der Waals surface area contributed by atoms with Crippen LogP contribution < -0.4 is 15.6 Å². The van der Waals surface area contributed by atoms with Gasteiger partial charge in [-0.1, -0.05) is 26.8 Å². The lowest BCUT2D eigenvalue weighted by atomic mass is 9.45. The molecule has 1 N–H and O–H groups in total. The van der Waals surface area contributed by atoms with Gasteiger partial charge in [-0.15, -0.1) is 0 Å². The maximum atomic E-state index is 14.4. The number of hydrogen-bond donors (Lipinski definition) is 1. The van der Waals surface area contributed by atoms with E-state index in [2.05, 4.69) is 55.0 Å². The van der Waals surface area contributed by atoms with Crippen molar-refractivity contribution in [2.24, 2.45) is 28.2 Å². The molecule has 44 heavy (non-hydrogen) atoms. The van der Waals surface area contributed by atoms with Crippen LogP contribution in [0.2, 0.25) is 0 Å². The third-order valence-corrected chi connectivity index (χ3v) is 11.1. The Hall–Kier alpha value is -3.46. The molecule has 3 aliphatic carbocycles. The summed E-state index contributed by atoms with van der Waals surface area (Å²) in [6, 6.07) is 11.4. The Bertz CT molecular complexity index is 1590. The van der Waals surface area contributed by atoms with Crippen molar-refractivity contribution in [2.45, 2.75) is 71.5 Å². The summed E-state index contributed by atoms with van der Waals surface area (Å²) in [6.45, 7) is 9.53. The molecule has 2 heterocycles. The number of nitrogens with one attached hydrogen (secondary N) is 1. The Labute approximate surface area is 260 Å². The molecule has 2 aromatic carbocycles. The van der Waals surface area contributed by atoms with E-state index in [0.717, 1.165) is 49.4 Å². The number of rotatable bonds is 7. The van der Waals surface area contributed by atoms with Gasteiger partial charge in [0.1, 0.15) is 11.6 Å². The number of methoxy groups -OCH3 is 1. The number of aliphatic imine (C=N–C) groups is 1. The van der Waals surface area contributed by atoms with E-state index in [4.69, 9.17) is 9.73 Å². The number of nitrogens with zero attached hydrogens (tertiary/aromatic N) is 5. The van der Waals surface area contributed by atoms with E-state index < -0.39 is 0 Å². The van der Waals surface area contributed by atoms with Gasteiger partial charge in [-0.3, -0.25) is 9.36 Å². The van der Waals surface area contributed by atoms with Crippen LogP contribution in [0, 0.1) is 29.0 Å². The highest BCUT2D eigenvalue weighted by Gasteiger charge is 2.56. The predicted octanol–water partition coefficient (Wildman–Crippen LogP) is 5.46. The van der Waals surface area contributed by atoms with Gasteiger partial charge in [0.15, 0.2) is 5.96 Å². The molecule has 2 bridgehead atoms. The molecular formula is C35H47FN6O2. The SMILES string of the molecule is COc1ccc(CCn2cnc3cc(N=C(NC4C[C@H]5C[C@H]([C@H]4C)C5(C)C)N4CCC(N(C)C)CC4)ccc3c2=O)c(F)c1. The van der Waals surface area contributed by atoms with Gasteiger partial charge in [0.25, 0.3) is 5.56 Å². The van der Waals surface area contributed by atoms with Crippen molar-refractivity contribution in [3.8, 4) is 5.75 Å². The van der Waals surface area contributed by atoms with Gasteiger partial charge in [0.05, 0.1) is 30.0 Å². The lowest BCUT2D eigenvalue weighted by Gasteiger charge is -2.62. The smallest absolute Gasteiger partial charge is 0.261 e. The fourth-order valence-electron chi connectivity index (χ4n) is 7.89. The van der Waals surface area contributed by atoms with E-state index in [0.29, 0.717) is 58.6 Å². The molecule has 9 heteroatoms. The summed E-state index contributed by atoms with van der Waals surface area (Å²) in [6.07, 6.45) is 6.66. The quantitative estimate of drug-likeness (QED) is 0.286. The Morgan fingerprint density at radius 1 is 1.16 bits per heavy atom. The van der Waals surface area contributed by atoms with Gasteiger partial charge < -0.3 is 19.9 Å². The number of hydrogen-bond acceptors (Lipinski definition) is 5. The fourth-order valence-corrected chi connectivity index (χ4v) is 7.89. The molecule has 1 aromatic heterocycles. The van der Waals surface area contributed by atoms with Crippen LogP contribution in [-0.4, -0.2) is 71.7 Å². The number of fused-ring (bicyclic) bond motifs is 3. The van der Waals surface area contributed by atoms with Crippen molar-refractivity contribution in [1.29, 1.82) is 0 Å². The van der Waals surface area contributed by atoms with E-state index >= 15 is 0 Å². The fraction of sp³-hybridized carbons (Fsp3) is 0.571. The Morgan fingerprint density at radius 3 is 2.59 bits per heavy atom. The number of halogens is 1. The molecule has 236 valence electrons. The van der Waals surface area contributed by atoms with Gasteiger partial charge in [0, 0.05) is 37.8 Å². The Balaban J connectivity index is 1.23. The summed E-state index contributed by atoms with van der Waals surface area (Å²) in [5, 5.41) is 4.45. The van der Waals surface area contributed by atoms with Crippen molar-refractivity contribution in [2.75, 3.05) is 34.3 Å². The highest BCUT2D eigenvalue weighted by atomic mass is 19.1. The molecule has 7 rings (SSSR count). The van der Waals surface area contributed by atoms with Crippen LogP contribution in [0.1, 0.15) is 52.0 Å².